The Morgan fingerprint density at radius 2 is 1.85 bits per heavy atom. The van der Waals surface area contributed by atoms with E-state index >= 15 is 0 Å². The summed E-state index contributed by atoms with van der Waals surface area (Å²) < 4.78 is 0. The van der Waals surface area contributed by atoms with Gasteiger partial charge in [0.05, 0.1) is 16.0 Å². The summed E-state index contributed by atoms with van der Waals surface area (Å²) in [7, 11) is 0. The lowest BCUT2D eigenvalue weighted by Crippen LogP contribution is -2.26. The molecular weight excluding hydrogens is 396 g/mol. The Bertz CT molecular complexity index is 823. The van der Waals surface area contributed by atoms with Gasteiger partial charge >= 0.3 is 0 Å². The lowest BCUT2D eigenvalue weighted by molar-refractivity contribution is -0.118. The molecule has 0 saturated heterocycles. The minimum Gasteiger partial charge on any atom is -0.355 e. The summed E-state index contributed by atoms with van der Waals surface area (Å²) in [6.45, 7) is 0.677. The highest BCUT2D eigenvalue weighted by atomic mass is 35.5. The van der Waals surface area contributed by atoms with Gasteiger partial charge in [0.15, 0.2) is 0 Å². The maximum Gasteiger partial charge on any atom is 0.230 e. The number of thioether (sulfide) groups is 1. The Morgan fingerprint density at radius 3 is 2.56 bits per heavy atom. The number of aryl methyl sites for hydroxylation is 1. The molecule has 6 heteroatoms. The fourth-order valence-corrected chi connectivity index (χ4v) is 4.61. The summed E-state index contributed by atoms with van der Waals surface area (Å²) >= 11 is 9.31. The van der Waals surface area contributed by atoms with Crippen LogP contribution in [0.3, 0.4) is 0 Å². The van der Waals surface area contributed by atoms with E-state index in [4.69, 9.17) is 11.6 Å². The number of carbonyl (C=O) groups excluding carboxylic acids is 1. The molecule has 0 aliphatic rings. The molecule has 27 heavy (non-hydrogen) atoms. The molecule has 1 atom stereocenters. The fraction of sp³-hybridized carbons (Fsp3) is 0.238. The Balaban J connectivity index is 1.53. The lowest BCUT2D eigenvalue weighted by Gasteiger charge is -2.18. The first-order chi connectivity index (χ1) is 13.2. The van der Waals surface area contributed by atoms with Crippen molar-refractivity contribution >= 4 is 40.6 Å². The van der Waals surface area contributed by atoms with Gasteiger partial charge in [0.25, 0.3) is 0 Å². The van der Waals surface area contributed by atoms with Crippen LogP contribution >= 0.6 is 34.7 Å². The van der Waals surface area contributed by atoms with Gasteiger partial charge < -0.3 is 5.32 Å². The van der Waals surface area contributed by atoms with Crippen LogP contribution in [0.15, 0.2) is 66.2 Å². The molecule has 0 spiro atoms. The SMILES string of the molecule is O=C(CSC(c1ccccc1)c1ccc(Cl)cc1)NCCCc1nccs1. The fourth-order valence-electron chi connectivity index (χ4n) is 2.70. The average molecular weight is 417 g/mol. The second kappa shape index (κ2) is 10.5. The molecule has 1 unspecified atom stereocenters. The first-order valence-electron chi connectivity index (χ1n) is 8.79. The number of halogens is 1. The van der Waals surface area contributed by atoms with E-state index in [2.05, 4.69) is 22.4 Å². The van der Waals surface area contributed by atoms with Crippen LogP contribution in [-0.2, 0) is 11.2 Å². The van der Waals surface area contributed by atoms with E-state index in [1.54, 1.807) is 23.1 Å². The predicted octanol–water partition coefficient (Wildman–Crippen LogP) is 5.37. The molecule has 1 amide bonds. The third kappa shape index (κ3) is 6.38. The summed E-state index contributed by atoms with van der Waals surface area (Å²) in [6, 6.07) is 18.1. The number of hydrogen-bond donors (Lipinski definition) is 1. The van der Waals surface area contributed by atoms with E-state index in [1.165, 1.54) is 5.56 Å². The van der Waals surface area contributed by atoms with Crippen molar-refractivity contribution in [1.82, 2.24) is 10.3 Å². The van der Waals surface area contributed by atoms with Crippen LogP contribution < -0.4 is 5.32 Å². The van der Waals surface area contributed by atoms with E-state index in [1.807, 2.05) is 54.0 Å². The number of rotatable bonds is 9. The second-order valence-electron chi connectivity index (χ2n) is 6.03. The van der Waals surface area contributed by atoms with Gasteiger partial charge in [0.1, 0.15) is 0 Å². The lowest BCUT2D eigenvalue weighted by atomic mass is 10.0. The van der Waals surface area contributed by atoms with Gasteiger partial charge in [-0.15, -0.1) is 23.1 Å². The molecule has 3 nitrogen and oxygen atoms in total. The number of hydrogen-bond acceptors (Lipinski definition) is 4. The van der Waals surface area contributed by atoms with E-state index in [9.17, 15) is 4.79 Å². The minimum atomic E-state index is 0.0639. The van der Waals surface area contributed by atoms with E-state index in [0.29, 0.717) is 17.3 Å². The quantitative estimate of drug-likeness (QED) is 0.477. The van der Waals surface area contributed by atoms with Crippen LogP contribution in [0.4, 0.5) is 0 Å². The maximum atomic E-state index is 12.3. The number of carbonyl (C=O) groups is 1. The highest BCUT2D eigenvalue weighted by molar-refractivity contribution is 8.00. The molecule has 0 bridgehead atoms. The zero-order chi connectivity index (χ0) is 18.9. The van der Waals surface area contributed by atoms with Gasteiger partial charge in [-0.2, -0.15) is 0 Å². The van der Waals surface area contributed by atoms with Crippen molar-refractivity contribution in [3.05, 3.63) is 87.3 Å². The molecule has 0 fully saturated rings. The van der Waals surface area contributed by atoms with Crippen LogP contribution in [0.1, 0.15) is 27.8 Å². The predicted molar refractivity (Wildman–Crippen MR) is 116 cm³/mol. The normalized spacial score (nSPS) is 11.9. The first-order valence-corrected chi connectivity index (χ1v) is 11.1. The molecule has 0 radical (unpaired) electrons. The Morgan fingerprint density at radius 1 is 1.11 bits per heavy atom. The van der Waals surface area contributed by atoms with Crippen LogP contribution in [0, 0.1) is 0 Å². The molecular formula is C21H21ClN2OS2. The zero-order valence-corrected chi connectivity index (χ0v) is 17.2. The Labute approximate surface area is 173 Å². The van der Waals surface area contributed by atoms with Crippen LogP contribution in [0.25, 0.3) is 0 Å². The number of nitrogens with zero attached hydrogens (tertiary/aromatic N) is 1. The Hall–Kier alpha value is -1.82. The number of nitrogens with one attached hydrogen (secondary N) is 1. The number of thiazole rings is 1. The van der Waals surface area contributed by atoms with E-state index in [0.717, 1.165) is 23.4 Å². The van der Waals surface area contributed by atoms with Crippen LogP contribution in [-0.4, -0.2) is 23.2 Å². The van der Waals surface area contributed by atoms with Crippen molar-refractivity contribution in [1.29, 1.82) is 0 Å². The third-order valence-electron chi connectivity index (χ3n) is 4.03. The number of aromatic nitrogens is 1. The van der Waals surface area contributed by atoms with Gasteiger partial charge in [0.2, 0.25) is 5.91 Å². The smallest absolute Gasteiger partial charge is 0.230 e. The summed E-state index contributed by atoms with van der Waals surface area (Å²) in [4.78, 5) is 16.5. The number of amides is 1. The molecule has 3 rings (SSSR count). The van der Waals surface area contributed by atoms with Gasteiger partial charge in [-0.25, -0.2) is 4.98 Å². The van der Waals surface area contributed by atoms with E-state index < -0.39 is 0 Å². The average Bonchev–Trinajstić information content (AvgIpc) is 3.21. The Kier molecular flexibility index (Phi) is 7.75. The van der Waals surface area contributed by atoms with Gasteiger partial charge in [-0.3, -0.25) is 4.79 Å². The summed E-state index contributed by atoms with van der Waals surface area (Å²) in [5.74, 6) is 0.480. The van der Waals surface area contributed by atoms with Crippen LogP contribution in [0.2, 0.25) is 5.02 Å². The largest absolute Gasteiger partial charge is 0.355 e. The second-order valence-corrected chi connectivity index (χ2v) is 8.54. The first kappa shape index (κ1) is 19.9. The molecule has 140 valence electrons. The monoisotopic (exact) mass is 416 g/mol. The summed E-state index contributed by atoms with van der Waals surface area (Å²) in [5, 5.41) is 6.92. The molecule has 2 aromatic carbocycles. The third-order valence-corrected chi connectivity index (χ3v) is 6.43. The minimum absolute atomic E-state index is 0.0639. The summed E-state index contributed by atoms with van der Waals surface area (Å²) in [5.41, 5.74) is 2.33. The molecule has 1 aromatic heterocycles. The number of benzene rings is 2. The van der Waals surface area contributed by atoms with Crippen molar-refractivity contribution in [3.8, 4) is 0 Å². The highest BCUT2D eigenvalue weighted by Gasteiger charge is 2.16. The van der Waals surface area contributed by atoms with Crippen molar-refractivity contribution in [2.75, 3.05) is 12.3 Å². The molecule has 1 N–H and O–H groups in total. The van der Waals surface area contributed by atoms with Crippen LogP contribution in [0.5, 0.6) is 0 Å². The molecule has 3 aromatic rings. The molecule has 0 aliphatic carbocycles. The van der Waals surface area contributed by atoms with Crippen molar-refractivity contribution in [3.63, 3.8) is 0 Å². The standard InChI is InChI=1S/C21H21ClN2OS2/c22-18-10-8-17(9-11-18)21(16-5-2-1-3-6-16)27-15-19(25)23-12-4-7-20-24-13-14-26-20/h1-3,5-6,8-11,13-14,21H,4,7,12,15H2,(H,23,25). The van der Waals surface area contributed by atoms with Crippen molar-refractivity contribution < 1.29 is 4.79 Å². The molecule has 0 aliphatic heterocycles. The molecule has 0 saturated carbocycles. The van der Waals surface area contributed by atoms with Gasteiger partial charge in [-0.1, -0.05) is 54.1 Å². The van der Waals surface area contributed by atoms with E-state index in [-0.39, 0.29) is 11.2 Å². The van der Waals surface area contributed by atoms with Gasteiger partial charge in [-0.05, 0) is 29.7 Å². The zero-order valence-electron chi connectivity index (χ0n) is 14.8. The summed E-state index contributed by atoms with van der Waals surface area (Å²) in [6.07, 6.45) is 3.63. The van der Waals surface area contributed by atoms with Crippen molar-refractivity contribution in [2.45, 2.75) is 18.1 Å². The maximum absolute atomic E-state index is 12.3. The topological polar surface area (TPSA) is 42.0 Å². The molecule has 1 heterocycles. The van der Waals surface area contributed by atoms with Gasteiger partial charge in [0, 0.05) is 29.6 Å². The van der Waals surface area contributed by atoms with Crippen molar-refractivity contribution in [2.24, 2.45) is 0 Å². The highest BCUT2D eigenvalue weighted by Crippen LogP contribution is 2.35.